The van der Waals surface area contributed by atoms with E-state index in [0.717, 1.165) is 5.56 Å². The number of nitrogens with two attached hydrogens (primary N) is 1. The lowest BCUT2D eigenvalue weighted by molar-refractivity contribution is 0.125. The second kappa shape index (κ2) is 7.19. The topological polar surface area (TPSA) is 78.6 Å². The first-order valence-corrected chi connectivity index (χ1v) is 10.3. The summed E-state index contributed by atoms with van der Waals surface area (Å²) in [6, 6.07) is 13.5. The molecule has 0 spiro atoms. The van der Waals surface area contributed by atoms with Crippen LogP contribution in [0, 0.1) is 0 Å². The van der Waals surface area contributed by atoms with E-state index in [9.17, 15) is 8.42 Å². The third-order valence-electron chi connectivity index (χ3n) is 4.81. The van der Waals surface area contributed by atoms with Gasteiger partial charge in [-0.1, -0.05) is 23.7 Å². The molecule has 7 heteroatoms. The molecule has 0 amide bonds. The molecular formula is C19H22ClNO4S. The van der Waals surface area contributed by atoms with Gasteiger partial charge in [0.1, 0.15) is 5.75 Å². The minimum absolute atomic E-state index is 0.178. The van der Waals surface area contributed by atoms with E-state index < -0.39 is 20.6 Å². The van der Waals surface area contributed by atoms with E-state index in [0.29, 0.717) is 17.4 Å². The molecule has 2 N–H and O–H groups in total. The minimum atomic E-state index is -3.63. The van der Waals surface area contributed by atoms with Gasteiger partial charge in [0.25, 0.3) is 0 Å². The highest BCUT2D eigenvalue weighted by atomic mass is 35.5. The van der Waals surface area contributed by atoms with Gasteiger partial charge in [0.2, 0.25) is 0 Å². The molecule has 1 saturated carbocycles. The highest BCUT2D eigenvalue weighted by molar-refractivity contribution is 7.92. The van der Waals surface area contributed by atoms with Gasteiger partial charge in [0.05, 0.1) is 29.4 Å². The number of methoxy groups -OCH3 is 1. The molecule has 1 aliphatic rings. The van der Waals surface area contributed by atoms with Crippen LogP contribution in [0.25, 0.3) is 0 Å². The number of hydrogen-bond acceptors (Lipinski definition) is 5. The summed E-state index contributed by atoms with van der Waals surface area (Å²) in [6.45, 7) is 2.51. The zero-order valence-electron chi connectivity index (χ0n) is 14.7. The van der Waals surface area contributed by atoms with E-state index in [1.54, 1.807) is 31.4 Å². The maximum atomic E-state index is 13.2. The Morgan fingerprint density at radius 2 is 1.73 bits per heavy atom. The van der Waals surface area contributed by atoms with Crippen molar-refractivity contribution in [3.8, 4) is 5.75 Å². The van der Waals surface area contributed by atoms with Crippen molar-refractivity contribution in [2.75, 3.05) is 20.3 Å². The number of ether oxygens (including phenoxy) is 2. The summed E-state index contributed by atoms with van der Waals surface area (Å²) in [5.41, 5.74) is 6.40. The molecule has 0 unspecified atom stereocenters. The van der Waals surface area contributed by atoms with Crippen LogP contribution in [-0.2, 0) is 14.6 Å². The molecule has 1 aliphatic carbocycles. The lowest BCUT2D eigenvalue weighted by Crippen LogP contribution is -2.36. The molecule has 5 nitrogen and oxygen atoms in total. The third-order valence-corrected chi connectivity index (χ3v) is 7.37. The van der Waals surface area contributed by atoms with Gasteiger partial charge in [-0.05, 0) is 48.9 Å². The number of sulfone groups is 1. The maximum absolute atomic E-state index is 13.2. The van der Waals surface area contributed by atoms with E-state index in [1.165, 1.54) is 12.1 Å². The fourth-order valence-corrected chi connectivity index (χ4v) is 5.83. The van der Waals surface area contributed by atoms with Crippen molar-refractivity contribution in [2.24, 2.45) is 5.73 Å². The van der Waals surface area contributed by atoms with Crippen molar-refractivity contribution in [3.05, 3.63) is 59.1 Å². The Labute approximate surface area is 159 Å². The van der Waals surface area contributed by atoms with Crippen LogP contribution in [0.4, 0.5) is 0 Å². The molecule has 3 rings (SSSR count). The van der Waals surface area contributed by atoms with Crippen LogP contribution in [0.5, 0.6) is 5.75 Å². The quantitative estimate of drug-likeness (QED) is 0.779. The van der Waals surface area contributed by atoms with Crippen molar-refractivity contribution in [1.82, 2.24) is 0 Å². The Bertz CT molecular complexity index is 867. The van der Waals surface area contributed by atoms with Crippen LogP contribution in [0.1, 0.15) is 18.4 Å². The van der Waals surface area contributed by atoms with E-state index in [1.807, 2.05) is 19.1 Å². The molecule has 140 valence electrons. The smallest absolute Gasteiger partial charge is 0.183 e. The van der Waals surface area contributed by atoms with Gasteiger partial charge in [-0.2, -0.15) is 0 Å². The number of hydrogen-bond donors (Lipinski definition) is 1. The molecule has 0 aromatic heterocycles. The zero-order chi connectivity index (χ0) is 18.9. The van der Waals surface area contributed by atoms with E-state index in [2.05, 4.69) is 0 Å². The van der Waals surface area contributed by atoms with Crippen molar-refractivity contribution >= 4 is 21.4 Å². The normalized spacial score (nSPS) is 25.1. The third kappa shape index (κ3) is 3.34. The highest BCUT2D eigenvalue weighted by Gasteiger charge is 2.69. The average Bonchev–Trinajstić information content (AvgIpc) is 3.27. The van der Waals surface area contributed by atoms with Crippen molar-refractivity contribution in [2.45, 2.75) is 28.5 Å². The lowest BCUT2D eigenvalue weighted by Gasteiger charge is -2.12. The molecule has 0 bridgehead atoms. The largest absolute Gasteiger partial charge is 0.497 e. The number of benzene rings is 2. The molecule has 0 saturated heterocycles. The summed E-state index contributed by atoms with van der Waals surface area (Å²) >= 11 is 5.88. The van der Waals surface area contributed by atoms with Crippen LogP contribution < -0.4 is 10.5 Å². The standard InChI is InChI=1S/C19H22ClNO4S/c1-3-25-12-19(21)17(13-4-8-15(24-2)9-5-13)18(19)26(22,23)16-10-6-14(20)7-11-16/h4-11,17-18H,3,12,21H2,1-2H3/t17-,18-,19+/m0/s1. The van der Waals surface area contributed by atoms with E-state index in [4.69, 9.17) is 26.8 Å². The zero-order valence-corrected chi connectivity index (χ0v) is 16.3. The molecule has 0 heterocycles. The summed E-state index contributed by atoms with van der Waals surface area (Å²) in [4.78, 5) is 0.217. The first-order chi connectivity index (χ1) is 12.3. The summed E-state index contributed by atoms with van der Waals surface area (Å²) in [6.07, 6.45) is 0. The minimum Gasteiger partial charge on any atom is -0.497 e. The monoisotopic (exact) mass is 395 g/mol. The van der Waals surface area contributed by atoms with Crippen LogP contribution in [0.2, 0.25) is 5.02 Å². The maximum Gasteiger partial charge on any atom is 0.183 e. The summed E-state index contributed by atoms with van der Waals surface area (Å²) in [5.74, 6) is 0.361. The Kier molecular flexibility index (Phi) is 5.30. The van der Waals surface area contributed by atoms with Gasteiger partial charge in [-0.25, -0.2) is 8.42 Å². The lowest BCUT2D eigenvalue weighted by atomic mass is 10.1. The van der Waals surface area contributed by atoms with Gasteiger partial charge in [-0.15, -0.1) is 0 Å². The molecule has 0 radical (unpaired) electrons. The number of rotatable bonds is 7. The predicted octanol–water partition coefficient (Wildman–Crippen LogP) is 3.02. The Morgan fingerprint density at radius 3 is 2.27 bits per heavy atom. The Balaban J connectivity index is 1.97. The van der Waals surface area contributed by atoms with Gasteiger partial charge < -0.3 is 15.2 Å². The fourth-order valence-electron chi connectivity index (χ4n) is 3.41. The summed E-state index contributed by atoms with van der Waals surface area (Å²) < 4.78 is 37.1. The van der Waals surface area contributed by atoms with Crippen LogP contribution in [0.3, 0.4) is 0 Å². The van der Waals surface area contributed by atoms with Gasteiger partial charge in [-0.3, -0.25) is 0 Å². The van der Waals surface area contributed by atoms with Crippen LogP contribution >= 0.6 is 11.6 Å². The molecule has 0 aliphatic heterocycles. The second-order valence-electron chi connectivity index (χ2n) is 6.42. The Hall–Kier alpha value is -1.60. The van der Waals surface area contributed by atoms with E-state index in [-0.39, 0.29) is 17.4 Å². The van der Waals surface area contributed by atoms with Crippen molar-refractivity contribution in [3.63, 3.8) is 0 Å². The number of halogens is 1. The van der Waals surface area contributed by atoms with Crippen molar-refractivity contribution in [1.29, 1.82) is 0 Å². The van der Waals surface area contributed by atoms with Gasteiger partial charge in [0, 0.05) is 17.5 Å². The molecule has 2 aromatic rings. The summed E-state index contributed by atoms with van der Waals surface area (Å²) in [5, 5.41) is -0.268. The first-order valence-electron chi connectivity index (χ1n) is 8.34. The fraction of sp³-hybridized carbons (Fsp3) is 0.368. The van der Waals surface area contributed by atoms with Gasteiger partial charge in [0.15, 0.2) is 9.84 Å². The molecular weight excluding hydrogens is 374 g/mol. The van der Waals surface area contributed by atoms with Crippen molar-refractivity contribution < 1.29 is 17.9 Å². The molecule has 3 atom stereocenters. The summed E-state index contributed by atoms with van der Waals surface area (Å²) in [7, 11) is -2.04. The van der Waals surface area contributed by atoms with E-state index >= 15 is 0 Å². The SMILES string of the molecule is CCOC[C@@]1(N)[C@@H](c2ccc(OC)cc2)[C@@H]1S(=O)(=O)c1ccc(Cl)cc1. The van der Waals surface area contributed by atoms with Crippen LogP contribution in [-0.4, -0.2) is 39.5 Å². The predicted molar refractivity (Wildman–Crippen MR) is 102 cm³/mol. The Morgan fingerprint density at radius 1 is 1.12 bits per heavy atom. The van der Waals surface area contributed by atoms with Gasteiger partial charge >= 0.3 is 0 Å². The highest BCUT2D eigenvalue weighted by Crippen LogP contribution is 2.56. The molecule has 1 fully saturated rings. The molecule has 2 aromatic carbocycles. The molecule has 26 heavy (non-hydrogen) atoms. The second-order valence-corrected chi connectivity index (χ2v) is 8.93. The first kappa shape index (κ1) is 19.2. The average molecular weight is 396 g/mol. The van der Waals surface area contributed by atoms with Crippen LogP contribution in [0.15, 0.2) is 53.4 Å².